The van der Waals surface area contributed by atoms with E-state index in [1.54, 1.807) is 29.2 Å². The largest absolute Gasteiger partial charge is 0.423 e. The van der Waals surface area contributed by atoms with Gasteiger partial charge in [0.15, 0.2) is 0 Å². The quantitative estimate of drug-likeness (QED) is 0.490. The number of nitrogens with zero attached hydrogens (tertiary/aromatic N) is 1. The van der Waals surface area contributed by atoms with Crippen molar-refractivity contribution in [3.8, 4) is 5.75 Å². The van der Waals surface area contributed by atoms with Crippen LogP contribution < -0.4 is 10.1 Å². The number of anilines is 1. The lowest BCUT2D eigenvalue weighted by atomic mass is 10.2. The lowest BCUT2D eigenvalue weighted by Gasteiger charge is -2.15. The van der Waals surface area contributed by atoms with Crippen LogP contribution in [0.5, 0.6) is 5.75 Å². The second-order valence-corrected chi connectivity index (χ2v) is 6.58. The third-order valence-electron chi connectivity index (χ3n) is 4.41. The second kappa shape index (κ2) is 7.51. The van der Waals surface area contributed by atoms with E-state index < -0.39 is 5.97 Å². The van der Waals surface area contributed by atoms with Gasteiger partial charge >= 0.3 is 5.97 Å². The Labute approximate surface area is 146 Å². The third kappa shape index (κ3) is 4.92. The second-order valence-electron chi connectivity index (χ2n) is 6.58. The molecule has 6 nitrogen and oxygen atoms in total. The van der Waals surface area contributed by atoms with Gasteiger partial charge in [-0.2, -0.15) is 0 Å². The summed E-state index contributed by atoms with van der Waals surface area (Å²) in [6.07, 6.45) is 5.10. The molecular weight excluding hydrogens is 320 g/mol. The van der Waals surface area contributed by atoms with E-state index in [2.05, 4.69) is 5.32 Å². The molecule has 1 N–H and O–H groups in total. The maximum absolute atomic E-state index is 12.1. The zero-order valence-electron chi connectivity index (χ0n) is 14.3. The molecule has 2 fully saturated rings. The number of likely N-dealkylation sites (tertiary alicyclic amines) is 1. The Kier molecular flexibility index (Phi) is 5.16. The molecule has 1 aromatic rings. The normalized spacial score (nSPS) is 17.6. The molecular formula is C19H22N2O4. The summed E-state index contributed by atoms with van der Waals surface area (Å²) in [6.45, 7) is 2.61. The molecule has 1 aromatic carbocycles. The molecule has 6 heteroatoms. The van der Waals surface area contributed by atoms with Crippen molar-refractivity contribution in [2.75, 3.05) is 18.4 Å². The van der Waals surface area contributed by atoms with Crippen LogP contribution in [0.3, 0.4) is 0 Å². The number of allylic oxidation sites excluding steroid dienone is 1. The minimum Gasteiger partial charge on any atom is -0.423 e. The SMILES string of the molecule is CC(=CC(=O)Oc1cccc(NC(=O)CN2CCCC2=O)c1)C1CC1. The summed E-state index contributed by atoms with van der Waals surface area (Å²) in [4.78, 5) is 37.1. The summed E-state index contributed by atoms with van der Waals surface area (Å²) in [7, 11) is 0. The Morgan fingerprint density at radius 1 is 1.36 bits per heavy atom. The van der Waals surface area contributed by atoms with Gasteiger partial charge in [-0.25, -0.2) is 4.79 Å². The zero-order valence-corrected chi connectivity index (χ0v) is 14.3. The lowest BCUT2D eigenvalue weighted by molar-refractivity contribution is -0.131. The Bertz CT molecular complexity index is 722. The fraction of sp³-hybridized carbons (Fsp3) is 0.421. The predicted octanol–water partition coefficient (Wildman–Crippen LogP) is 2.51. The summed E-state index contributed by atoms with van der Waals surface area (Å²) in [5.41, 5.74) is 1.58. The number of benzene rings is 1. The Morgan fingerprint density at radius 2 is 2.16 bits per heavy atom. The van der Waals surface area contributed by atoms with Crippen molar-refractivity contribution in [3.63, 3.8) is 0 Å². The fourth-order valence-electron chi connectivity index (χ4n) is 2.87. The van der Waals surface area contributed by atoms with Crippen molar-refractivity contribution >= 4 is 23.5 Å². The van der Waals surface area contributed by atoms with Crippen LogP contribution in [0.4, 0.5) is 5.69 Å². The van der Waals surface area contributed by atoms with Crippen molar-refractivity contribution in [2.24, 2.45) is 5.92 Å². The number of nitrogens with one attached hydrogen (secondary N) is 1. The van der Waals surface area contributed by atoms with Gasteiger partial charge in [-0.1, -0.05) is 11.6 Å². The van der Waals surface area contributed by atoms with Crippen LogP contribution in [0.1, 0.15) is 32.6 Å². The van der Waals surface area contributed by atoms with Gasteiger partial charge < -0.3 is 15.0 Å². The van der Waals surface area contributed by atoms with Gasteiger partial charge in [0.05, 0.1) is 6.54 Å². The van der Waals surface area contributed by atoms with Crippen LogP contribution >= 0.6 is 0 Å². The van der Waals surface area contributed by atoms with Crippen molar-refractivity contribution in [1.82, 2.24) is 4.90 Å². The van der Waals surface area contributed by atoms with Gasteiger partial charge in [-0.3, -0.25) is 9.59 Å². The van der Waals surface area contributed by atoms with Gasteiger partial charge in [0, 0.05) is 30.8 Å². The van der Waals surface area contributed by atoms with Crippen molar-refractivity contribution in [1.29, 1.82) is 0 Å². The molecule has 0 unspecified atom stereocenters. The van der Waals surface area contributed by atoms with Crippen LogP contribution in [0, 0.1) is 5.92 Å². The van der Waals surface area contributed by atoms with Crippen LogP contribution in [-0.4, -0.2) is 35.8 Å². The third-order valence-corrected chi connectivity index (χ3v) is 4.41. The predicted molar refractivity (Wildman–Crippen MR) is 93.0 cm³/mol. The average molecular weight is 342 g/mol. The summed E-state index contributed by atoms with van der Waals surface area (Å²) in [5, 5.41) is 2.73. The topological polar surface area (TPSA) is 75.7 Å². The van der Waals surface area contributed by atoms with Crippen LogP contribution in [0.15, 0.2) is 35.9 Å². The maximum Gasteiger partial charge on any atom is 0.336 e. The highest BCUT2D eigenvalue weighted by molar-refractivity contribution is 5.95. The van der Waals surface area contributed by atoms with E-state index in [0.717, 1.165) is 24.8 Å². The molecule has 25 heavy (non-hydrogen) atoms. The van der Waals surface area contributed by atoms with E-state index in [4.69, 9.17) is 4.74 Å². The number of carbonyl (C=O) groups excluding carboxylic acids is 3. The van der Waals surface area contributed by atoms with Crippen molar-refractivity contribution in [2.45, 2.75) is 32.6 Å². The summed E-state index contributed by atoms with van der Waals surface area (Å²) < 4.78 is 5.30. The molecule has 1 aliphatic heterocycles. The molecule has 0 aromatic heterocycles. The monoisotopic (exact) mass is 342 g/mol. The maximum atomic E-state index is 12.1. The number of hydrogen-bond donors (Lipinski definition) is 1. The molecule has 2 aliphatic rings. The Morgan fingerprint density at radius 3 is 2.84 bits per heavy atom. The molecule has 0 radical (unpaired) electrons. The first-order valence-corrected chi connectivity index (χ1v) is 8.59. The van der Waals surface area contributed by atoms with E-state index in [1.807, 2.05) is 6.92 Å². The van der Waals surface area contributed by atoms with Crippen molar-refractivity contribution in [3.05, 3.63) is 35.9 Å². The van der Waals surface area contributed by atoms with Crippen LogP contribution in [0.25, 0.3) is 0 Å². The number of amides is 2. The first kappa shape index (κ1) is 17.2. The van der Waals surface area contributed by atoms with Crippen molar-refractivity contribution < 1.29 is 19.1 Å². The number of ether oxygens (including phenoxy) is 1. The minimum atomic E-state index is -0.407. The van der Waals surface area contributed by atoms with Gasteiger partial charge in [0.1, 0.15) is 5.75 Å². The van der Waals surface area contributed by atoms with Gasteiger partial charge in [0.25, 0.3) is 0 Å². The van der Waals surface area contributed by atoms with Gasteiger partial charge in [0.2, 0.25) is 11.8 Å². The van der Waals surface area contributed by atoms with Gasteiger partial charge in [-0.15, -0.1) is 0 Å². The fourth-order valence-corrected chi connectivity index (χ4v) is 2.87. The molecule has 0 atom stereocenters. The van der Waals surface area contributed by atoms with Gasteiger partial charge in [-0.05, 0) is 44.2 Å². The molecule has 0 spiro atoms. The highest BCUT2D eigenvalue weighted by Gasteiger charge is 2.24. The number of hydrogen-bond acceptors (Lipinski definition) is 4. The standard InChI is InChI=1S/C19H22N2O4/c1-13(14-7-8-14)10-19(24)25-16-5-2-4-15(11-16)20-17(22)12-21-9-3-6-18(21)23/h2,4-5,10-11,14H,3,6-9,12H2,1H3,(H,20,22). The highest BCUT2D eigenvalue weighted by Crippen LogP contribution is 2.36. The Hall–Kier alpha value is -2.63. The average Bonchev–Trinajstić information content (AvgIpc) is 3.32. The number of carbonyl (C=O) groups is 3. The number of rotatable bonds is 6. The molecule has 1 aliphatic carbocycles. The van der Waals surface area contributed by atoms with Crippen LogP contribution in [-0.2, 0) is 14.4 Å². The van der Waals surface area contributed by atoms with E-state index >= 15 is 0 Å². The molecule has 3 rings (SSSR count). The first-order valence-electron chi connectivity index (χ1n) is 8.59. The van der Waals surface area contributed by atoms with E-state index in [0.29, 0.717) is 30.3 Å². The molecule has 1 heterocycles. The minimum absolute atomic E-state index is 0.00986. The smallest absolute Gasteiger partial charge is 0.336 e. The highest BCUT2D eigenvalue weighted by atomic mass is 16.5. The molecule has 132 valence electrons. The van der Waals surface area contributed by atoms with E-state index in [9.17, 15) is 14.4 Å². The molecule has 1 saturated heterocycles. The summed E-state index contributed by atoms with van der Waals surface area (Å²) >= 11 is 0. The zero-order chi connectivity index (χ0) is 17.8. The first-order chi connectivity index (χ1) is 12.0. The summed E-state index contributed by atoms with van der Waals surface area (Å²) in [6, 6.07) is 6.68. The molecule has 1 saturated carbocycles. The summed E-state index contributed by atoms with van der Waals surface area (Å²) in [5.74, 6) is 0.237. The molecule has 0 bridgehead atoms. The van der Waals surface area contributed by atoms with E-state index in [-0.39, 0.29) is 18.4 Å². The van der Waals surface area contributed by atoms with Crippen LogP contribution in [0.2, 0.25) is 0 Å². The Balaban J connectivity index is 1.55. The lowest BCUT2D eigenvalue weighted by Crippen LogP contribution is -2.33. The molecule has 2 amide bonds. The van der Waals surface area contributed by atoms with E-state index in [1.165, 1.54) is 6.08 Å². The number of esters is 1.